The van der Waals surface area contributed by atoms with Gasteiger partial charge in [-0.3, -0.25) is 0 Å². The van der Waals surface area contributed by atoms with Gasteiger partial charge in [-0.05, 0) is 0 Å². The first kappa shape index (κ1) is 21.9. The zero-order valence-corrected chi connectivity index (χ0v) is 20.7. The Kier molecular flexibility index (Phi) is 5.35. The summed E-state index contributed by atoms with van der Waals surface area (Å²) in [5, 5.41) is 2.44. The number of rotatable bonds is 2. The monoisotopic (exact) mass is 376 g/mol. The van der Waals surface area contributed by atoms with Gasteiger partial charge in [0.15, 0.2) is 0 Å². The SMILES string of the molecule is CC(C)(C)c1cc(C(C)(C)C)cc([PH](C2CC2)(C(C)(C)C)C(C)(C)C)c1. The molecule has 150 valence electrons. The van der Waals surface area contributed by atoms with Crippen LogP contribution in [-0.4, -0.2) is 16.0 Å². The molecule has 0 aliphatic heterocycles. The molecule has 0 nitrogen and oxygen atoms in total. The fraction of sp³-hybridized carbons (Fsp3) is 0.760. The summed E-state index contributed by atoms with van der Waals surface area (Å²) in [5.41, 5.74) is 4.35. The van der Waals surface area contributed by atoms with Gasteiger partial charge in [-0.15, -0.1) is 0 Å². The van der Waals surface area contributed by atoms with Crippen molar-refractivity contribution >= 4 is 12.6 Å². The molecule has 0 heterocycles. The molecule has 0 unspecified atom stereocenters. The number of hydrogen-bond donors (Lipinski definition) is 0. The van der Waals surface area contributed by atoms with Crippen LogP contribution in [0.15, 0.2) is 18.2 Å². The molecular formula is C25H45P. The average Bonchev–Trinajstić information content (AvgIpc) is 3.18. The summed E-state index contributed by atoms with van der Waals surface area (Å²) in [7, 11) is -1.76. The van der Waals surface area contributed by atoms with Crippen LogP contribution in [0, 0.1) is 0 Å². The predicted molar refractivity (Wildman–Crippen MR) is 124 cm³/mol. The first-order valence-electron chi connectivity index (χ1n) is 10.6. The van der Waals surface area contributed by atoms with E-state index in [9.17, 15) is 0 Å². The Balaban J connectivity index is 2.89. The van der Waals surface area contributed by atoms with Gasteiger partial charge in [0.2, 0.25) is 0 Å². The molecule has 0 spiro atoms. The van der Waals surface area contributed by atoms with E-state index >= 15 is 0 Å². The standard InChI is InChI=1S/C25H45P/c1-22(2,3)18-15-19(23(4,5)6)17-21(16-18)26(20-13-14-20,24(7,8)9)25(10,11)12/h15-17,20,26H,13-14H2,1-12H3. The van der Waals surface area contributed by atoms with Crippen LogP contribution in [-0.2, 0) is 10.8 Å². The van der Waals surface area contributed by atoms with E-state index in [4.69, 9.17) is 0 Å². The van der Waals surface area contributed by atoms with Gasteiger partial charge in [-0.2, -0.15) is 0 Å². The average molecular weight is 377 g/mol. The summed E-state index contributed by atoms with van der Waals surface area (Å²) in [6.07, 6.45) is 2.87. The minimum atomic E-state index is -1.76. The Morgan fingerprint density at radius 1 is 0.615 bits per heavy atom. The van der Waals surface area contributed by atoms with Crippen molar-refractivity contribution in [2.75, 3.05) is 0 Å². The molecule has 1 aliphatic carbocycles. The van der Waals surface area contributed by atoms with Crippen molar-refractivity contribution < 1.29 is 0 Å². The van der Waals surface area contributed by atoms with Crippen molar-refractivity contribution in [2.45, 2.75) is 123 Å². The van der Waals surface area contributed by atoms with Gasteiger partial charge in [0.05, 0.1) is 0 Å². The summed E-state index contributed by atoms with van der Waals surface area (Å²) in [6.45, 7) is 29.4. The molecule has 2 rings (SSSR count). The van der Waals surface area contributed by atoms with E-state index in [0.717, 1.165) is 5.66 Å². The Labute approximate surface area is 164 Å². The number of hydrogen-bond acceptors (Lipinski definition) is 0. The quantitative estimate of drug-likeness (QED) is 0.471. The summed E-state index contributed by atoms with van der Waals surface area (Å²) in [6, 6.07) is 7.73. The molecule has 1 aromatic rings. The van der Waals surface area contributed by atoms with E-state index in [1.165, 1.54) is 24.0 Å². The zero-order valence-electron chi connectivity index (χ0n) is 19.7. The van der Waals surface area contributed by atoms with Crippen molar-refractivity contribution in [3.8, 4) is 0 Å². The fourth-order valence-corrected chi connectivity index (χ4v) is 14.4. The third-order valence-electron chi connectivity index (χ3n) is 6.68. The van der Waals surface area contributed by atoms with E-state index in [2.05, 4.69) is 101 Å². The van der Waals surface area contributed by atoms with Crippen molar-refractivity contribution in [1.29, 1.82) is 0 Å². The molecule has 1 saturated carbocycles. The summed E-state index contributed by atoms with van der Waals surface area (Å²) in [4.78, 5) is 0. The summed E-state index contributed by atoms with van der Waals surface area (Å²) < 4.78 is 0. The van der Waals surface area contributed by atoms with Crippen LogP contribution in [0.25, 0.3) is 0 Å². The molecule has 0 saturated heterocycles. The van der Waals surface area contributed by atoms with Crippen molar-refractivity contribution in [2.24, 2.45) is 0 Å². The van der Waals surface area contributed by atoms with Crippen LogP contribution >= 0.6 is 7.26 Å². The van der Waals surface area contributed by atoms with E-state index in [0.29, 0.717) is 10.3 Å². The van der Waals surface area contributed by atoms with Crippen LogP contribution in [0.1, 0.15) is 107 Å². The third-order valence-corrected chi connectivity index (χ3v) is 14.4. The molecule has 0 amide bonds. The van der Waals surface area contributed by atoms with Crippen molar-refractivity contribution in [1.82, 2.24) is 0 Å². The summed E-state index contributed by atoms with van der Waals surface area (Å²) in [5.74, 6) is 0. The first-order valence-corrected chi connectivity index (χ1v) is 12.7. The molecule has 0 radical (unpaired) electrons. The second kappa shape index (κ2) is 6.34. The maximum absolute atomic E-state index is 2.62. The van der Waals surface area contributed by atoms with E-state index in [-0.39, 0.29) is 10.8 Å². The minimum absolute atomic E-state index is 0.190. The van der Waals surface area contributed by atoms with Crippen molar-refractivity contribution in [3.63, 3.8) is 0 Å². The molecular weight excluding hydrogens is 331 g/mol. The Morgan fingerprint density at radius 2 is 0.962 bits per heavy atom. The normalized spacial score (nSPS) is 18.2. The van der Waals surface area contributed by atoms with Crippen LogP contribution in [0.4, 0.5) is 0 Å². The van der Waals surface area contributed by atoms with E-state index in [1.807, 2.05) is 0 Å². The molecule has 1 aromatic carbocycles. The van der Waals surface area contributed by atoms with E-state index < -0.39 is 7.26 Å². The van der Waals surface area contributed by atoms with Gasteiger partial charge in [-0.25, -0.2) is 0 Å². The second-order valence-corrected chi connectivity index (χ2v) is 18.9. The topological polar surface area (TPSA) is 0 Å². The molecule has 0 bridgehead atoms. The third kappa shape index (κ3) is 3.78. The molecule has 1 fully saturated rings. The Bertz CT molecular complexity index is 603. The van der Waals surface area contributed by atoms with Gasteiger partial charge in [0.25, 0.3) is 0 Å². The molecule has 1 heteroatoms. The fourth-order valence-electron chi connectivity index (χ4n) is 5.69. The second-order valence-electron chi connectivity index (χ2n) is 12.9. The molecule has 0 N–H and O–H groups in total. The predicted octanol–water partition coefficient (Wildman–Crippen LogP) is 7.42. The van der Waals surface area contributed by atoms with Crippen LogP contribution in [0.3, 0.4) is 0 Å². The van der Waals surface area contributed by atoms with Gasteiger partial charge in [0.1, 0.15) is 0 Å². The van der Waals surface area contributed by atoms with Gasteiger partial charge < -0.3 is 0 Å². The van der Waals surface area contributed by atoms with Crippen LogP contribution < -0.4 is 5.30 Å². The Morgan fingerprint density at radius 3 is 1.19 bits per heavy atom. The molecule has 1 aliphatic rings. The van der Waals surface area contributed by atoms with Crippen molar-refractivity contribution in [3.05, 3.63) is 29.3 Å². The zero-order chi connectivity index (χ0) is 20.3. The molecule has 0 aromatic heterocycles. The van der Waals surface area contributed by atoms with Gasteiger partial charge in [-0.1, -0.05) is 0 Å². The Hall–Kier alpha value is -0.350. The van der Waals surface area contributed by atoms with Crippen LogP contribution in [0.2, 0.25) is 0 Å². The molecule has 0 atom stereocenters. The number of benzene rings is 1. The summed E-state index contributed by atoms with van der Waals surface area (Å²) >= 11 is 0. The van der Waals surface area contributed by atoms with Gasteiger partial charge in [0, 0.05) is 0 Å². The first-order chi connectivity index (χ1) is 11.4. The van der Waals surface area contributed by atoms with Gasteiger partial charge >= 0.3 is 165 Å². The van der Waals surface area contributed by atoms with Crippen LogP contribution in [0.5, 0.6) is 0 Å². The maximum atomic E-state index is 2.62. The molecule has 26 heavy (non-hydrogen) atoms. The van der Waals surface area contributed by atoms with E-state index in [1.54, 1.807) is 5.30 Å².